The van der Waals surface area contributed by atoms with Crippen LogP contribution in [0.2, 0.25) is 5.02 Å². The number of anilines is 2. The molecule has 0 bridgehead atoms. The summed E-state index contributed by atoms with van der Waals surface area (Å²) in [7, 11) is -3.94. The lowest BCUT2D eigenvalue weighted by atomic mass is 10.2. The first kappa shape index (κ1) is 19.5. The Morgan fingerprint density at radius 1 is 1.11 bits per heavy atom. The predicted octanol–water partition coefficient (Wildman–Crippen LogP) is 4.80. The van der Waals surface area contributed by atoms with Crippen molar-refractivity contribution in [1.29, 1.82) is 0 Å². The number of nitrogens with zero attached hydrogens (tertiary/aromatic N) is 2. The SMILES string of the molecule is Cc1cc(N2C=C(C(=O)N3CCCC3)S(=O)(=O)c3ccc(Cl)cc32)ccc1Br. The van der Waals surface area contributed by atoms with Crippen molar-refractivity contribution in [1.82, 2.24) is 4.90 Å². The molecule has 5 nitrogen and oxygen atoms in total. The molecule has 2 aromatic rings. The molecule has 8 heteroatoms. The molecule has 0 aromatic heterocycles. The van der Waals surface area contributed by atoms with E-state index in [0.29, 0.717) is 23.8 Å². The molecular weight excluding hydrogens is 464 g/mol. The number of sulfone groups is 1. The lowest BCUT2D eigenvalue weighted by Gasteiger charge is -2.30. The van der Waals surface area contributed by atoms with E-state index in [9.17, 15) is 13.2 Å². The molecule has 4 rings (SSSR count). The van der Waals surface area contributed by atoms with Crippen LogP contribution in [0.4, 0.5) is 11.4 Å². The Labute approximate surface area is 177 Å². The zero-order chi connectivity index (χ0) is 20.1. The molecule has 146 valence electrons. The maximum Gasteiger partial charge on any atom is 0.267 e. The fraction of sp³-hybridized carbons (Fsp3) is 0.250. The molecule has 0 spiro atoms. The molecule has 1 amide bonds. The van der Waals surface area contributed by atoms with Crippen LogP contribution in [-0.4, -0.2) is 32.3 Å². The molecule has 0 saturated carbocycles. The van der Waals surface area contributed by atoms with Crippen LogP contribution >= 0.6 is 27.5 Å². The molecule has 2 heterocycles. The van der Waals surface area contributed by atoms with Crippen molar-refractivity contribution in [2.75, 3.05) is 18.0 Å². The molecule has 0 radical (unpaired) electrons. The van der Waals surface area contributed by atoms with E-state index in [0.717, 1.165) is 28.6 Å². The van der Waals surface area contributed by atoms with Gasteiger partial charge in [0.15, 0.2) is 4.91 Å². The molecule has 2 aliphatic heterocycles. The van der Waals surface area contributed by atoms with Gasteiger partial charge in [-0.05, 0) is 61.7 Å². The Hall–Kier alpha value is -1.83. The van der Waals surface area contributed by atoms with E-state index < -0.39 is 15.7 Å². The van der Waals surface area contributed by atoms with Crippen molar-refractivity contribution in [3.05, 3.63) is 62.6 Å². The third-order valence-electron chi connectivity index (χ3n) is 5.03. The van der Waals surface area contributed by atoms with Crippen LogP contribution in [-0.2, 0) is 14.6 Å². The standard InChI is InChI=1S/C20H18BrClN2O3S/c1-13-10-15(5-6-16(13)21)24-12-19(20(25)23-8-2-3-9-23)28(26,27)18-7-4-14(22)11-17(18)24/h4-7,10-12H,2-3,8-9H2,1H3. The highest BCUT2D eigenvalue weighted by molar-refractivity contribution is 9.10. The summed E-state index contributed by atoms with van der Waals surface area (Å²) in [5.74, 6) is -0.447. The lowest BCUT2D eigenvalue weighted by Crippen LogP contribution is -2.35. The Balaban J connectivity index is 1.91. The summed E-state index contributed by atoms with van der Waals surface area (Å²) < 4.78 is 27.4. The number of rotatable bonds is 2. The second-order valence-electron chi connectivity index (χ2n) is 6.91. The van der Waals surface area contributed by atoms with E-state index in [1.165, 1.54) is 18.3 Å². The number of amides is 1. The number of benzene rings is 2. The maximum absolute atomic E-state index is 13.2. The zero-order valence-electron chi connectivity index (χ0n) is 15.2. The van der Waals surface area contributed by atoms with Gasteiger partial charge in [0.1, 0.15) is 0 Å². The Morgan fingerprint density at radius 2 is 1.82 bits per heavy atom. The van der Waals surface area contributed by atoms with Gasteiger partial charge in [-0.2, -0.15) is 0 Å². The lowest BCUT2D eigenvalue weighted by molar-refractivity contribution is -0.125. The molecule has 1 fully saturated rings. The summed E-state index contributed by atoms with van der Waals surface area (Å²) in [6.45, 7) is 3.11. The van der Waals surface area contributed by atoms with Crippen LogP contribution < -0.4 is 4.90 Å². The first-order valence-electron chi connectivity index (χ1n) is 8.90. The maximum atomic E-state index is 13.2. The van der Waals surface area contributed by atoms with Gasteiger partial charge in [-0.15, -0.1) is 0 Å². The van der Waals surface area contributed by atoms with Gasteiger partial charge in [0.2, 0.25) is 9.84 Å². The normalized spacial score (nSPS) is 18.0. The minimum Gasteiger partial charge on any atom is -0.338 e. The summed E-state index contributed by atoms with van der Waals surface area (Å²) in [4.78, 5) is 16.2. The molecule has 2 aromatic carbocycles. The second kappa shape index (κ2) is 7.21. The van der Waals surface area contributed by atoms with E-state index in [2.05, 4.69) is 15.9 Å². The summed E-state index contributed by atoms with van der Waals surface area (Å²) in [5, 5.41) is 0.426. The van der Waals surface area contributed by atoms with E-state index in [4.69, 9.17) is 11.6 Å². The second-order valence-corrected chi connectivity index (χ2v) is 10.1. The van der Waals surface area contributed by atoms with Crippen molar-refractivity contribution >= 4 is 54.7 Å². The van der Waals surface area contributed by atoms with Gasteiger partial charge in [0, 0.05) is 34.5 Å². The number of carbonyl (C=O) groups excluding carboxylic acids is 1. The van der Waals surface area contributed by atoms with Crippen molar-refractivity contribution in [3.63, 3.8) is 0 Å². The first-order valence-corrected chi connectivity index (χ1v) is 11.6. The predicted molar refractivity (Wildman–Crippen MR) is 114 cm³/mol. The molecule has 0 unspecified atom stereocenters. The fourth-order valence-corrected chi connectivity index (χ4v) is 5.45. The molecule has 2 aliphatic rings. The largest absolute Gasteiger partial charge is 0.338 e. The van der Waals surface area contributed by atoms with E-state index in [1.54, 1.807) is 15.9 Å². The smallest absolute Gasteiger partial charge is 0.267 e. The summed E-state index contributed by atoms with van der Waals surface area (Å²) in [6.07, 6.45) is 3.21. The van der Waals surface area contributed by atoms with Crippen LogP contribution in [0.3, 0.4) is 0 Å². The van der Waals surface area contributed by atoms with Crippen molar-refractivity contribution in [2.24, 2.45) is 0 Å². The van der Waals surface area contributed by atoms with E-state index in [-0.39, 0.29) is 9.80 Å². The average molecular weight is 482 g/mol. The van der Waals surface area contributed by atoms with Gasteiger partial charge in [-0.25, -0.2) is 8.42 Å². The number of halogens is 2. The minimum absolute atomic E-state index is 0.0857. The van der Waals surface area contributed by atoms with Crippen molar-refractivity contribution in [2.45, 2.75) is 24.7 Å². The van der Waals surface area contributed by atoms with Crippen LogP contribution in [0.25, 0.3) is 0 Å². The Bertz CT molecular complexity index is 1110. The Kier molecular flexibility index (Phi) is 5.02. The van der Waals surface area contributed by atoms with Crippen LogP contribution in [0.15, 0.2) is 56.9 Å². The van der Waals surface area contributed by atoms with Gasteiger partial charge < -0.3 is 9.80 Å². The summed E-state index contributed by atoms with van der Waals surface area (Å²) >= 11 is 9.64. The highest BCUT2D eigenvalue weighted by Gasteiger charge is 2.38. The third-order valence-corrected chi connectivity index (χ3v) is 7.94. The average Bonchev–Trinajstić information content (AvgIpc) is 3.18. The minimum atomic E-state index is -3.94. The van der Waals surface area contributed by atoms with Crippen LogP contribution in [0.5, 0.6) is 0 Å². The van der Waals surface area contributed by atoms with Gasteiger partial charge in [0.25, 0.3) is 5.91 Å². The molecule has 0 aliphatic carbocycles. The number of hydrogen-bond acceptors (Lipinski definition) is 4. The van der Waals surface area contributed by atoms with E-state index >= 15 is 0 Å². The monoisotopic (exact) mass is 480 g/mol. The number of hydrogen-bond donors (Lipinski definition) is 0. The Morgan fingerprint density at radius 3 is 2.50 bits per heavy atom. The van der Waals surface area contributed by atoms with Gasteiger partial charge in [-0.1, -0.05) is 27.5 Å². The molecular formula is C20H18BrClN2O3S. The topological polar surface area (TPSA) is 57.7 Å². The zero-order valence-corrected chi connectivity index (χ0v) is 18.3. The number of aryl methyl sites for hydroxylation is 1. The number of carbonyl (C=O) groups is 1. The van der Waals surface area contributed by atoms with Gasteiger partial charge in [-0.3, -0.25) is 4.79 Å². The fourth-order valence-electron chi connectivity index (χ4n) is 3.52. The molecule has 0 N–H and O–H groups in total. The molecule has 0 atom stereocenters. The van der Waals surface area contributed by atoms with Crippen LogP contribution in [0, 0.1) is 6.92 Å². The quantitative estimate of drug-likeness (QED) is 0.618. The van der Waals surface area contributed by atoms with Gasteiger partial charge in [0.05, 0.1) is 10.6 Å². The summed E-state index contributed by atoms with van der Waals surface area (Å²) in [5.41, 5.74) is 2.19. The highest BCUT2D eigenvalue weighted by Crippen LogP contribution is 2.42. The number of likely N-dealkylation sites (tertiary alicyclic amines) is 1. The van der Waals surface area contributed by atoms with Crippen LogP contribution in [0.1, 0.15) is 18.4 Å². The highest BCUT2D eigenvalue weighted by atomic mass is 79.9. The first-order chi connectivity index (χ1) is 13.3. The van der Waals surface area contributed by atoms with E-state index in [1.807, 2.05) is 25.1 Å². The number of fused-ring (bicyclic) bond motifs is 1. The van der Waals surface area contributed by atoms with Crippen molar-refractivity contribution < 1.29 is 13.2 Å². The molecule has 28 heavy (non-hydrogen) atoms. The van der Waals surface area contributed by atoms with Gasteiger partial charge >= 0.3 is 0 Å². The third kappa shape index (κ3) is 3.25. The molecule has 1 saturated heterocycles. The summed E-state index contributed by atoms with van der Waals surface area (Å²) in [6, 6.07) is 10.3. The van der Waals surface area contributed by atoms with Crippen molar-refractivity contribution in [3.8, 4) is 0 Å².